The SMILES string of the molecule is CNCCC(c1ccccc1C)n1ccc2ccccc21. The van der Waals surface area contributed by atoms with Crippen molar-refractivity contribution in [3.63, 3.8) is 0 Å². The van der Waals surface area contributed by atoms with Gasteiger partial charge in [-0.3, -0.25) is 0 Å². The van der Waals surface area contributed by atoms with E-state index < -0.39 is 0 Å². The van der Waals surface area contributed by atoms with Crippen LogP contribution in [0.25, 0.3) is 10.9 Å². The fourth-order valence-electron chi connectivity index (χ4n) is 3.06. The van der Waals surface area contributed by atoms with Gasteiger partial charge in [-0.05, 0) is 55.6 Å². The van der Waals surface area contributed by atoms with Gasteiger partial charge in [0, 0.05) is 11.7 Å². The van der Waals surface area contributed by atoms with Crippen molar-refractivity contribution < 1.29 is 0 Å². The molecule has 0 aliphatic rings. The first-order chi connectivity index (χ1) is 10.3. The standard InChI is InChI=1S/C19H22N2/c1-15-7-3-5-9-17(15)19(11-13-20-2)21-14-12-16-8-4-6-10-18(16)21/h3-10,12,14,19-20H,11,13H2,1-2H3. The predicted octanol–water partition coefficient (Wildman–Crippen LogP) is 4.15. The lowest BCUT2D eigenvalue weighted by molar-refractivity contribution is 0.537. The molecule has 3 rings (SSSR count). The van der Waals surface area contributed by atoms with Gasteiger partial charge < -0.3 is 9.88 Å². The third kappa shape index (κ3) is 2.72. The quantitative estimate of drug-likeness (QED) is 0.742. The summed E-state index contributed by atoms with van der Waals surface area (Å²) in [5.41, 5.74) is 4.08. The van der Waals surface area contributed by atoms with Gasteiger partial charge in [-0.15, -0.1) is 0 Å². The van der Waals surface area contributed by atoms with Crippen molar-refractivity contribution in [3.8, 4) is 0 Å². The van der Waals surface area contributed by atoms with Crippen LogP contribution in [0.5, 0.6) is 0 Å². The highest BCUT2D eigenvalue weighted by molar-refractivity contribution is 5.80. The third-order valence-electron chi connectivity index (χ3n) is 4.18. The molecular weight excluding hydrogens is 256 g/mol. The molecule has 108 valence electrons. The summed E-state index contributed by atoms with van der Waals surface area (Å²) < 4.78 is 2.41. The van der Waals surface area contributed by atoms with E-state index in [4.69, 9.17) is 0 Å². The summed E-state index contributed by atoms with van der Waals surface area (Å²) >= 11 is 0. The molecular formula is C19H22N2. The second-order valence-corrected chi connectivity index (χ2v) is 5.55. The first-order valence-electron chi connectivity index (χ1n) is 7.57. The fourth-order valence-corrected chi connectivity index (χ4v) is 3.06. The highest BCUT2D eigenvalue weighted by atomic mass is 15.0. The zero-order valence-electron chi connectivity index (χ0n) is 12.7. The molecule has 2 aromatic carbocycles. The highest BCUT2D eigenvalue weighted by Gasteiger charge is 2.16. The van der Waals surface area contributed by atoms with Crippen LogP contribution in [0.15, 0.2) is 60.8 Å². The maximum atomic E-state index is 3.28. The summed E-state index contributed by atoms with van der Waals surface area (Å²) in [6.07, 6.45) is 3.30. The molecule has 0 bridgehead atoms. The molecule has 0 aliphatic heterocycles. The number of fused-ring (bicyclic) bond motifs is 1. The first kappa shape index (κ1) is 13.9. The number of hydrogen-bond acceptors (Lipinski definition) is 1. The van der Waals surface area contributed by atoms with Crippen LogP contribution in [0, 0.1) is 6.92 Å². The summed E-state index contributed by atoms with van der Waals surface area (Å²) in [5, 5.41) is 4.59. The Labute approximate surface area is 126 Å². The van der Waals surface area contributed by atoms with Crippen molar-refractivity contribution in [2.24, 2.45) is 0 Å². The minimum absolute atomic E-state index is 0.374. The number of para-hydroxylation sites is 1. The van der Waals surface area contributed by atoms with Crippen molar-refractivity contribution >= 4 is 10.9 Å². The van der Waals surface area contributed by atoms with E-state index >= 15 is 0 Å². The summed E-state index contributed by atoms with van der Waals surface area (Å²) in [6, 6.07) is 19.9. The van der Waals surface area contributed by atoms with Crippen LogP contribution in [-0.4, -0.2) is 18.2 Å². The smallest absolute Gasteiger partial charge is 0.0600 e. The van der Waals surface area contributed by atoms with E-state index in [1.54, 1.807) is 0 Å². The van der Waals surface area contributed by atoms with E-state index in [1.165, 1.54) is 22.0 Å². The van der Waals surface area contributed by atoms with E-state index in [9.17, 15) is 0 Å². The Hall–Kier alpha value is -2.06. The van der Waals surface area contributed by atoms with E-state index in [2.05, 4.69) is 77.6 Å². The van der Waals surface area contributed by atoms with Crippen molar-refractivity contribution in [2.75, 3.05) is 13.6 Å². The molecule has 0 fully saturated rings. The summed E-state index contributed by atoms with van der Waals surface area (Å²) in [6.45, 7) is 3.21. The van der Waals surface area contributed by atoms with Crippen LogP contribution in [-0.2, 0) is 0 Å². The topological polar surface area (TPSA) is 17.0 Å². The number of rotatable bonds is 5. The Balaban J connectivity index is 2.09. The van der Waals surface area contributed by atoms with Gasteiger partial charge in [0.2, 0.25) is 0 Å². The molecule has 1 atom stereocenters. The average molecular weight is 278 g/mol. The zero-order valence-corrected chi connectivity index (χ0v) is 12.7. The van der Waals surface area contributed by atoms with Gasteiger partial charge in [0.1, 0.15) is 0 Å². The van der Waals surface area contributed by atoms with Crippen LogP contribution < -0.4 is 5.32 Å². The predicted molar refractivity (Wildman–Crippen MR) is 89.8 cm³/mol. The van der Waals surface area contributed by atoms with Gasteiger partial charge in [-0.2, -0.15) is 0 Å². The van der Waals surface area contributed by atoms with Gasteiger partial charge in [-0.25, -0.2) is 0 Å². The van der Waals surface area contributed by atoms with Crippen LogP contribution in [0.3, 0.4) is 0 Å². The lowest BCUT2D eigenvalue weighted by Crippen LogP contribution is -2.18. The van der Waals surface area contributed by atoms with Gasteiger partial charge >= 0.3 is 0 Å². The van der Waals surface area contributed by atoms with Crippen LogP contribution in [0.4, 0.5) is 0 Å². The number of aryl methyl sites for hydroxylation is 1. The van der Waals surface area contributed by atoms with E-state index in [0.717, 1.165) is 13.0 Å². The monoisotopic (exact) mass is 278 g/mol. The van der Waals surface area contributed by atoms with Crippen molar-refractivity contribution in [1.29, 1.82) is 0 Å². The summed E-state index contributed by atoms with van der Waals surface area (Å²) in [7, 11) is 2.02. The van der Waals surface area contributed by atoms with Crippen LogP contribution >= 0.6 is 0 Å². The fraction of sp³-hybridized carbons (Fsp3) is 0.263. The van der Waals surface area contributed by atoms with Crippen molar-refractivity contribution in [1.82, 2.24) is 9.88 Å². The molecule has 0 saturated heterocycles. The average Bonchev–Trinajstić information content (AvgIpc) is 2.93. The largest absolute Gasteiger partial charge is 0.340 e. The minimum atomic E-state index is 0.374. The highest BCUT2D eigenvalue weighted by Crippen LogP contribution is 2.29. The normalized spacial score (nSPS) is 12.7. The molecule has 1 unspecified atom stereocenters. The third-order valence-corrected chi connectivity index (χ3v) is 4.18. The Morgan fingerprint density at radius 1 is 1.00 bits per heavy atom. The Kier molecular flexibility index (Phi) is 4.07. The summed E-state index contributed by atoms with van der Waals surface area (Å²) in [4.78, 5) is 0. The lowest BCUT2D eigenvalue weighted by Gasteiger charge is -2.22. The number of aromatic nitrogens is 1. The van der Waals surface area contributed by atoms with E-state index in [0.29, 0.717) is 6.04 Å². The molecule has 3 aromatic rings. The van der Waals surface area contributed by atoms with Crippen molar-refractivity contribution in [2.45, 2.75) is 19.4 Å². The Morgan fingerprint density at radius 3 is 2.57 bits per heavy atom. The Bertz CT molecular complexity index is 727. The van der Waals surface area contributed by atoms with Gasteiger partial charge in [0.05, 0.1) is 6.04 Å². The summed E-state index contributed by atoms with van der Waals surface area (Å²) in [5.74, 6) is 0. The molecule has 1 N–H and O–H groups in total. The second kappa shape index (κ2) is 6.15. The van der Waals surface area contributed by atoms with E-state index in [-0.39, 0.29) is 0 Å². The molecule has 0 aliphatic carbocycles. The maximum Gasteiger partial charge on any atom is 0.0600 e. The molecule has 1 aromatic heterocycles. The number of hydrogen-bond donors (Lipinski definition) is 1. The minimum Gasteiger partial charge on any atom is -0.340 e. The van der Waals surface area contributed by atoms with Crippen LogP contribution in [0.1, 0.15) is 23.6 Å². The van der Waals surface area contributed by atoms with Gasteiger partial charge in [0.15, 0.2) is 0 Å². The lowest BCUT2D eigenvalue weighted by atomic mass is 9.98. The zero-order chi connectivity index (χ0) is 14.7. The maximum absolute atomic E-state index is 3.28. The molecule has 0 radical (unpaired) electrons. The molecule has 21 heavy (non-hydrogen) atoms. The second-order valence-electron chi connectivity index (χ2n) is 5.55. The molecule has 2 nitrogen and oxygen atoms in total. The van der Waals surface area contributed by atoms with Gasteiger partial charge in [0.25, 0.3) is 0 Å². The van der Waals surface area contributed by atoms with Crippen molar-refractivity contribution in [3.05, 3.63) is 71.9 Å². The number of nitrogens with zero attached hydrogens (tertiary/aromatic N) is 1. The molecule has 0 amide bonds. The molecule has 0 saturated carbocycles. The number of benzene rings is 2. The van der Waals surface area contributed by atoms with E-state index in [1.807, 2.05) is 7.05 Å². The number of nitrogens with one attached hydrogen (secondary N) is 1. The molecule has 2 heteroatoms. The first-order valence-corrected chi connectivity index (χ1v) is 7.57. The Morgan fingerprint density at radius 2 is 1.76 bits per heavy atom. The molecule has 1 heterocycles. The molecule has 0 spiro atoms. The van der Waals surface area contributed by atoms with Gasteiger partial charge in [-0.1, -0.05) is 42.5 Å². The van der Waals surface area contributed by atoms with Crippen LogP contribution in [0.2, 0.25) is 0 Å².